The van der Waals surface area contributed by atoms with Crippen LogP contribution >= 0.6 is 12.2 Å². The van der Waals surface area contributed by atoms with Crippen molar-refractivity contribution < 1.29 is 4.74 Å². The molecule has 0 amide bonds. The first kappa shape index (κ1) is 13.7. The monoisotopic (exact) mass is 274 g/mol. The van der Waals surface area contributed by atoms with E-state index in [9.17, 15) is 0 Å². The van der Waals surface area contributed by atoms with Gasteiger partial charge in [0, 0.05) is 23.2 Å². The van der Waals surface area contributed by atoms with Gasteiger partial charge in [-0.15, -0.1) is 0 Å². The van der Waals surface area contributed by atoms with Crippen LogP contribution in [0.15, 0.2) is 24.3 Å². The van der Waals surface area contributed by atoms with E-state index >= 15 is 0 Å². The van der Waals surface area contributed by atoms with Crippen LogP contribution in [-0.2, 0) is 12.8 Å². The van der Waals surface area contributed by atoms with Gasteiger partial charge in [0.15, 0.2) is 0 Å². The van der Waals surface area contributed by atoms with E-state index in [0.717, 1.165) is 34.8 Å². The molecule has 1 aromatic carbocycles. The minimum absolute atomic E-state index is 0.681. The fraction of sp³-hybridized carbons (Fsp3) is 0.333. The molecule has 0 fully saturated rings. The van der Waals surface area contributed by atoms with E-state index in [1.165, 1.54) is 0 Å². The van der Waals surface area contributed by atoms with Gasteiger partial charge in [0.05, 0.1) is 7.11 Å². The van der Waals surface area contributed by atoms with Crippen LogP contribution in [0.2, 0.25) is 0 Å². The Bertz CT molecular complexity index is 634. The van der Waals surface area contributed by atoms with Gasteiger partial charge in [-0.2, -0.15) is 0 Å². The highest BCUT2D eigenvalue weighted by Crippen LogP contribution is 2.20. The maximum absolute atomic E-state index is 5.36. The Morgan fingerprint density at radius 3 is 2.74 bits per heavy atom. The zero-order chi connectivity index (χ0) is 13.8. The molecule has 100 valence electrons. The van der Waals surface area contributed by atoms with E-state index < -0.39 is 0 Å². The molecule has 0 aliphatic rings. The molecule has 4 heteroatoms. The van der Waals surface area contributed by atoms with Gasteiger partial charge in [-0.25, -0.2) is 4.98 Å². The van der Waals surface area contributed by atoms with Gasteiger partial charge in [0.25, 0.3) is 0 Å². The molecule has 0 radical (unpaired) electrons. The van der Waals surface area contributed by atoms with Crippen molar-refractivity contribution in [3.8, 4) is 5.75 Å². The van der Waals surface area contributed by atoms with Crippen molar-refractivity contribution in [1.82, 2.24) is 9.97 Å². The van der Waals surface area contributed by atoms with E-state index in [4.69, 9.17) is 17.0 Å². The standard InChI is InChI=1S/C15H18N2OS/c1-4-12-10(2)15(19)17-14(16-12)9-11-7-5-6-8-13(11)18-3/h5-8H,4,9H2,1-3H3,(H,16,17,19). The number of hydrogen-bond acceptors (Lipinski definition) is 3. The summed E-state index contributed by atoms with van der Waals surface area (Å²) in [4.78, 5) is 7.83. The molecule has 19 heavy (non-hydrogen) atoms. The summed E-state index contributed by atoms with van der Waals surface area (Å²) in [5.41, 5.74) is 3.33. The SMILES string of the molecule is CCc1[nH]c(Cc2ccccc2OC)nc(=S)c1C. The quantitative estimate of drug-likeness (QED) is 0.865. The highest BCUT2D eigenvalue weighted by Gasteiger charge is 2.07. The lowest BCUT2D eigenvalue weighted by Gasteiger charge is -2.10. The van der Waals surface area contributed by atoms with E-state index in [1.54, 1.807) is 7.11 Å². The van der Waals surface area contributed by atoms with Gasteiger partial charge in [-0.1, -0.05) is 37.3 Å². The molecule has 1 N–H and O–H groups in total. The molecule has 0 saturated carbocycles. The second-order valence-electron chi connectivity index (χ2n) is 4.43. The first-order chi connectivity index (χ1) is 9.15. The molecule has 0 aliphatic carbocycles. The Balaban J connectivity index is 2.38. The third kappa shape index (κ3) is 3.01. The summed E-state index contributed by atoms with van der Waals surface area (Å²) in [5.74, 6) is 1.76. The Morgan fingerprint density at radius 1 is 1.32 bits per heavy atom. The molecule has 2 rings (SSSR count). The number of hydrogen-bond donors (Lipinski definition) is 1. The lowest BCUT2D eigenvalue weighted by atomic mass is 10.1. The Hall–Kier alpha value is -1.68. The van der Waals surface area contributed by atoms with Gasteiger partial charge in [-0.05, 0) is 19.4 Å². The van der Waals surface area contributed by atoms with Gasteiger partial charge in [0.1, 0.15) is 16.2 Å². The summed E-state index contributed by atoms with van der Waals surface area (Å²) in [6, 6.07) is 7.97. The molecule has 0 spiro atoms. The molecule has 0 atom stereocenters. The summed E-state index contributed by atoms with van der Waals surface area (Å²) < 4.78 is 6.04. The van der Waals surface area contributed by atoms with Gasteiger partial charge in [-0.3, -0.25) is 0 Å². The number of methoxy groups -OCH3 is 1. The largest absolute Gasteiger partial charge is 0.496 e. The number of benzene rings is 1. The maximum Gasteiger partial charge on any atom is 0.132 e. The third-order valence-electron chi connectivity index (χ3n) is 3.21. The molecule has 0 unspecified atom stereocenters. The molecule has 0 bridgehead atoms. The molecule has 0 aliphatic heterocycles. The van der Waals surface area contributed by atoms with Gasteiger partial charge in [0.2, 0.25) is 0 Å². The smallest absolute Gasteiger partial charge is 0.132 e. The Kier molecular flexibility index (Phi) is 4.32. The number of aryl methyl sites for hydroxylation is 1. The summed E-state index contributed by atoms with van der Waals surface area (Å²) >= 11 is 5.31. The van der Waals surface area contributed by atoms with Crippen molar-refractivity contribution in [3.63, 3.8) is 0 Å². The summed E-state index contributed by atoms with van der Waals surface area (Å²) in [6.07, 6.45) is 1.62. The van der Waals surface area contributed by atoms with Gasteiger partial charge < -0.3 is 9.72 Å². The van der Waals surface area contributed by atoms with Crippen molar-refractivity contribution in [2.75, 3.05) is 7.11 Å². The van der Waals surface area contributed by atoms with Crippen LogP contribution in [0, 0.1) is 11.6 Å². The molecule has 1 heterocycles. The van der Waals surface area contributed by atoms with Crippen molar-refractivity contribution in [2.45, 2.75) is 26.7 Å². The topological polar surface area (TPSA) is 37.9 Å². The molecule has 1 aromatic heterocycles. The summed E-state index contributed by atoms with van der Waals surface area (Å²) in [5, 5.41) is 0. The van der Waals surface area contributed by atoms with Crippen LogP contribution in [0.5, 0.6) is 5.75 Å². The summed E-state index contributed by atoms with van der Waals surface area (Å²) in [7, 11) is 1.68. The maximum atomic E-state index is 5.36. The number of rotatable bonds is 4. The average molecular weight is 274 g/mol. The number of nitrogens with zero attached hydrogens (tertiary/aromatic N) is 1. The number of H-pyrrole nitrogens is 1. The van der Waals surface area contributed by atoms with E-state index in [2.05, 4.69) is 16.9 Å². The Morgan fingerprint density at radius 2 is 2.05 bits per heavy atom. The lowest BCUT2D eigenvalue weighted by Crippen LogP contribution is -2.04. The van der Waals surface area contributed by atoms with Crippen molar-refractivity contribution >= 4 is 12.2 Å². The number of ether oxygens (including phenoxy) is 1. The summed E-state index contributed by atoms with van der Waals surface area (Å²) in [6.45, 7) is 4.12. The molecular formula is C15H18N2OS. The van der Waals surface area contributed by atoms with E-state index in [-0.39, 0.29) is 0 Å². The van der Waals surface area contributed by atoms with Crippen LogP contribution in [0.3, 0.4) is 0 Å². The third-order valence-corrected chi connectivity index (χ3v) is 3.61. The average Bonchev–Trinajstić information content (AvgIpc) is 2.43. The normalized spacial score (nSPS) is 10.5. The van der Waals surface area contributed by atoms with Crippen molar-refractivity contribution in [3.05, 3.63) is 51.6 Å². The zero-order valence-electron chi connectivity index (χ0n) is 11.5. The van der Waals surface area contributed by atoms with Crippen LogP contribution in [0.25, 0.3) is 0 Å². The fourth-order valence-corrected chi connectivity index (χ4v) is 2.33. The lowest BCUT2D eigenvalue weighted by molar-refractivity contribution is 0.410. The number of para-hydroxylation sites is 1. The van der Waals surface area contributed by atoms with Crippen LogP contribution in [0.1, 0.15) is 29.6 Å². The predicted molar refractivity (Wildman–Crippen MR) is 79.3 cm³/mol. The molecule has 0 saturated heterocycles. The minimum Gasteiger partial charge on any atom is -0.496 e. The minimum atomic E-state index is 0.681. The van der Waals surface area contributed by atoms with Crippen molar-refractivity contribution in [1.29, 1.82) is 0 Å². The molecule has 2 aromatic rings. The zero-order valence-corrected chi connectivity index (χ0v) is 12.3. The first-order valence-electron chi connectivity index (χ1n) is 6.36. The second kappa shape index (κ2) is 5.97. The van der Waals surface area contributed by atoms with E-state index in [0.29, 0.717) is 11.1 Å². The van der Waals surface area contributed by atoms with Crippen LogP contribution in [-0.4, -0.2) is 17.1 Å². The highest BCUT2D eigenvalue weighted by molar-refractivity contribution is 7.71. The van der Waals surface area contributed by atoms with E-state index in [1.807, 2.05) is 31.2 Å². The molecular weight excluding hydrogens is 256 g/mol. The van der Waals surface area contributed by atoms with Crippen LogP contribution < -0.4 is 4.74 Å². The number of aromatic amines is 1. The second-order valence-corrected chi connectivity index (χ2v) is 4.82. The number of nitrogens with one attached hydrogen (secondary N) is 1. The highest BCUT2D eigenvalue weighted by atomic mass is 32.1. The van der Waals surface area contributed by atoms with Crippen LogP contribution in [0.4, 0.5) is 0 Å². The first-order valence-corrected chi connectivity index (χ1v) is 6.77. The number of aromatic nitrogens is 2. The fourth-order valence-electron chi connectivity index (χ4n) is 2.10. The Labute approximate surface area is 118 Å². The predicted octanol–water partition coefficient (Wildman–Crippen LogP) is 3.61. The molecule has 3 nitrogen and oxygen atoms in total. The van der Waals surface area contributed by atoms with Gasteiger partial charge >= 0.3 is 0 Å². The van der Waals surface area contributed by atoms with Crippen molar-refractivity contribution in [2.24, 2.45) is 0 Å².